The van der Waals surface area contributed by atoms with Gasteiger partial charge < -0.3 is 10.5 Å². The first kappa shape index (κ1) is 13.2. The summed E-state index contributed by atoms with van der Waals surface area (Å²) in [5.74, 6) is 0.139. The number of hydrogen-bond donors (Lipinski definition) is 1. The number of hydrogen-bond acceptors (Lipinski definition) is 2. The largest absolute Gasteiger partial charge is 0.488 e. The van der Waals surface area contributed by atoms with Gasteiger partial charge >= 0.3 is 0 Å². The lowest BCUT2D eigenvalue weighted by molar-refractivity contribution is 0.304. The normalized spacial score (nSPS) is 10.4. The van der Waals surface area contributed by atoms with Crippen molar-refractivity contribution >= 4 is 33.2 Å². The van der Waals surface area contributed by atoms with Crippen LogP contribution in [0.3, 0.4) is 0 Å². The molecule has 18 heavy (non-hydrogen) atoms. The monoisotopic (exact) mass is 329 g/mol. The first-order valence-electron chi connectivity index (χ1n) is 5.19. The summed E-state index contributed by atoms with van der Waals surface area (Å²) >= 11 is 9.17. The minimum Gasteiger partial charge on any atom is -0.488 e. The van der Waals surface area contributed by atoms with E-state index in [9.17, 15) is 4.39 Å². The molecule has 0 amide bonds. The molecule has 0 atom stereocenters. The standard InChI is InChI=1S/C13H10BrClFNO/c14-12-10(17)5-2-6-11(12)18-7-8-3-1-4-9(16)13(8)15/h1-6H,7,17H2. The second-order valence-electron chi connectivity index (χ2n) is 3.66. The van der Waals surface area contributed by atoms with Crippen LogP contribution in [0, 0.1) is 5.82 Å². The van der Waals surface area contributed by atoms with Gasteiger partial charge in [-0.25, -0.2) is 4.39 Å². The van der Waals surface area contributed by atoms with E-state index in [4.69, 9.17) is 22.1 Å². The first-order chi connectivity index (χ1) is 8.59. The zero-order valence-electron chi connectivity index (χ0n) is 9.29. The summed E-state index contributed by atoms with van der Waals surface area (Å²) in [5, 5.41) is 0.0810. The molecule has 2 aromatic rings. The van der Waals surface area contributed by atoms with Crippen molar-refractivity contribution in [2.75, 3.05) is 5.73 Å². The van der Waals surface area contributed by atoms with Crippen LogP contribution in [0.4, 0.5) is 10.1 Å². The molecule has 0 aliphatic heterocycles. The van der Waals surface area contributed by atoms with Crippen LogP contribution in [0.25, 0.3) is 0 Å². The summed E-state index contributed by atoms with van der Waals surface area (Å²) in [6.07, 6.45) is 0. The molecule has 2 nitrogen and oxygen atoms in total. The van der Waals surface area contributed by atoms with Gasteiger partial charge in [0.1, 0.15) is 18.2 Å². The number of ether oxygens (including phenoxy) is 1. The summed E-state index contributed by atoms with van der Waals surface area (Å²) in [4.78, 5) is 0. The molecule has 2 aromatic carbocycles. The summed E-state index contributed by atoms with van der Waals surface area (Å²) in [6, 6.07) is 9.92. The summed E-state index contributed by atoms with van der Waals surface area (Å²) in [6.45, 7) is 0.179. The fourth-order valence-corrected chi connectivity index (χ4v) is 2.01. The Bertz CT molecular complexity index is 525. The Morgan fingerprint density at radius 2 is 1.94 bits per heavy atom. The predicted octanol–water partition coefficient (Wildman–Crippen LogP) is 4.40. The van der Waals surface area contributed by atoms with Crippen molar-refractivity contribution in [3.8, 4) is 5.75 Å². The highest BCUT2D eigenvalue weighted by Crippen LogP contribution is 2.31. The van der Waals surface area contributed by atoms with E-state index >= 15 is 0 Å². The summed E-state index contributed by atoms with van der Waals surface area (Å²) in [7, 11) is 0. The molecular formula is C13H10BrClFNO. The third-order valence-electron chi connectivity index (χ3n) is 2.41. The van der Waals surface area contributed by atoms with Crippen LogP contribution in [0.5, 0.6) is 5.75 Å². The SMILES string of the molecule is Nc1cccc(OCc2cccc(F)c2Cl)c1Br. The maximum atomic E-state index is 13.2. The van der Waals surface area contributed by atoms with E-state index in [-0.39, 0.29) is 11.6 Å². The lowest BCUT2D eigenvalue weighted by Gasteiger charge is -2.10. The molecule has 0 radical (unpaired) electrons. The van der Waals surface area contributed by atoms with Crippen molar-refractivity contribution in [2.24, 2.45) is 0 Å². The number of nitrogens with two attached hydrogens (primary N) is 1. The predicted molar refractivity (Wildman–Crippen MR) is 74.3 cm³/mol. The third kappa shape index (κ3) is 2.76. The van der Waals surface area contributed by atoms with Crippen LogP contribution in [0.1, 0.15) is 5.56 Å². The van der Waals surface area contributed by atoms with Crippen molar-refractivity contribution in [3.05, 3.63) is 57.3 Å². The molecule has 2 N–H and O–H groups in total. The fraction of sp³-hybridized carbons (Fsp3) is 0.0769. The van der Waals surface area contributed by atoms with Gasteiger partial charge in [0.15, 0.2) is 0 Å². The Kier molecular flexibility index (Phi) is 4.09. The molecule has 0 unspecified atom stereocenters. The average Bonchev–Trinajstić information content (AvgIpc) is 2.36. The van der Waals surface area contributed by atoms with Crippen molar-refractivity contribution in [1.82, 2.24) is 0 Å². The van der Waals surface area contributed by atoms with Gasteiger partial charge in [-0.2, -0.15) is 0 Å². The molecule has 0 heterocycles. The Balaban J connectivity index is 2.17. The van der Waals surface area contributed by atoms with Gasteiger partial charge in [-0.3, -0.25) is 0 Å². The maximum Gasteiger partial charge on any atom is 0.142 e. The lowest BCUT2D eigenvalue weighted by atomic mass is 10.2. The molecule has 2 rings (SSSR count). The van der Waals surface area contributed by atoms with E-state index in [1.54, 1.807) is 30.3 Å². The molecule has 0 saturated carbocycles. The maximum absolute atomic E-state index is 13.2. The van der Waals surface area contributed by atoms with Crippen LogP contribution in [-0.4, -0.2) is 0 Å². The van der Waals surface area contributed by atoms with Crippen LogP contribution in [-0.2, 0) is 6.61 Å². The minimum atomic E-state index is -0.454. The highest BCUT2D eigenvalue weighted by atomic mass is 79.9. The number of rotatable bonds is 3. The lowest BCUT2D eigenvalue weighted by Crippen LogP contribution is -1.99. The minimum absolute atomic E-state index is 0.0810. The molecule has 0 spiro atoms. The molecule has 0 fully saturated rings. The van der Waals surface area contributed by atoms with Crippen LogP contribution in [0.2, 0.25) is 5.02 Å². The highest BCUT2D eigenvalue weighted by Gasteiger charge is 2.08. The zero-order valence-corrected chi connectivity index (χ0v) is 11.6. The molecule has 94 valence electrons. The number of benzene rings is 2. The quantitative estimate of drug-likeness (QED) is 0.846. The second-order valence-corrected chi connectivity index (χ2v) is 4.83. The van der Waals surface area contributed by atoms with E-state index in [2.05, 4.69) is 15.9 Å². The molecule has 0 bridgehead atoms. The number of nitrogen functional groups attached to an aromatic ring is 1. The summed E-state index contributed by atoms with van der Waals surface area (Å²) < 4.78 is 19.5. The molecule has 5 heteroatoms. The molecule has 0 saturated heterocycles. The summed E-state index contributed by atoms with van der Waals surface area (Å²) in [5.41, 5.74) is 6.90. The van der Waals surface area contributed by atoms with Gasteiger partial charge in [-0.15, -0.1) is 0 Å². The number of halogens is 3. The Labute approximate surface area is 118 Å². The van der Waals surface area contributed by atoms with Crippen molar-refractivity contribution in [3.63, 3.8) is 0 Å². The van der Waals surface area contributed by atoms with E-state index in [1.807, 2.05) is 0 Å². The topological polar surface area (TPSA) is 35.2 Å². The second kappa shape index (κ2) is 5.59. The fourth-order valence-electron chi connectivity index (χ4n) is 1.45. The van der Waals surface area contributed by atoms with Crippen LogP contribution >= 0.6 is 27.5 Å². The van der Waals surface area contributed by atoms with E-state index < -0.39 is 5.82 Å². The van der Waals surface area contributed by atoms with Crippen molar-refractivity contribution in [1.29, 1.82) is 0 Å². The van der Waals surface area contributed by atoms with Gasteiger partial charge in [0, 0.05) is 11.3 Å². The Hall–Kier alpha value is -1.26. The van der Waals surface area contributed by atoms with Gasteiger partial charge in [-0.1, -0.05) is 29.8 Å². The first-order valence-corrected chi connectivity index (χ1v) is 6.36. The van der Waals surface area contributed by atoms with Crippen LogP contribution < -0.4 is 10.5 Å². The van der Waals surface area contributed by atoms with Gasteiger partial charge in [0.25, 0.3) is 0 Å². The Morgan fingerprint density at radius 1 is 1.22 bits per heavy atom. The smallest absolute Gasteiger partial charge is 0.142 e. The Morgan fingerprint density at radius 3 is 2.72 bits per heavy atom. The average molecular weight is 331 g/mol. The van der Waals surface area contributed by atoms with Gasteiger partial charge in [0.05, 0.1) is 9.50 Å². The third-order valence-corrected chi connectivity index (χ3v) is 3.68. The van der Waals surface area contributed by atoms with E-state index in [1.165, 1.54) is 6.07 Å². The highest BCUT2D eigenvalue weighted by molar-refractivity contribution is 9.10. The van der Waals surface area contributed by atoms with Crippen molar-refractivity contribution < 1.29 is 9.13 Å². The molecule has 0 aromatic heterocycles. The van der Waals surface area contributed by atoms with Crippen molar-refractivity contribution in [2.45, 2.75) is 6.61 Å². The number of anilines is 1. The molecule has 0 aliphatic carbocycles. The zero-order chi connectivity index (χ0) is 13.1. The molecular weight excluding hydrogens is 321 g/mol. The van der Waals surface area contributed by atoms with E-state index in [0.717, 1.165) is 0 Å². The van der Waals surface area contributed by atoms with Gasteiger partial charge in [0.2, 0.25) is 0 Å². The van der Waals surface area contributed by atoms with Crippen LogP contribution in [0.15, 0.2) is 40.9 Å². The molecule has 0 aliphatic rings. The van der Waals surface area contributed by atoms with Gasteiger partial charge in [-0.05, 0) is 34.1 Å². The van der Waals surface area contributed by atoms with E-state index in [0.29, 0.717) is 21.5 Å².